The highest BCUT2D eigenvalue weighted by atomic mass is 19.1. The van der Waals surface area contributed by atoms with Gasteiger partial charge < -0.3 is 9.47 Å². The molecule has 1 amide bonds. The van der Waals surface area contributed by atoms with Crippen LogP contribution in [0.15, 0.2) is 71.8 Å². The van der Waals surface area contributed by atoms with Crippen molar-refractivity contribution in [2.24, 2.45) is 7.05 Å². The smallest absolute Gasteiger partial charge is 0.258 e. The zero-order valence-corrected chi connectivity index (χ0v) is 13.6. The number of amides is 1. The van der Waals surface area contributed by atoms with E-state index in [1.54, 1.807) is 37.6 Å². The topological polar surface area (TPSA) is 55.2 Å². The highest BCUT2D eigenvalue weighted by Gasteiger charge is 2.19. The zero-order chi connectivity index (χ0) is 17.8. The molecule has 25 heavy (non-hydrogen) atoms. The van der Waals surface area contributed by atoms with Gasteiger partial charge in [0, 0.05) is 36.8 Å². The molecule has 2 heterocycles. The maximum Gasteiger partial charge on any atom is 0.258 e. The minimum atomic E-state index is -0.387. The third kappa shape index (κ3) is 3.80. The van der Waals surface area contributed by atoms with Gasteiger partial charge in [0.1, 0.15) is 5.82 Å². The highest BCUT2D eigenvalue weighted by molar-refractivity contribution is 6.05. The van der Waals surface area contributed by atoms with E-state index in [1.165, 1.54) is 39.8 Å². The van der Waals surface area contributed by atoms with E-state index in [0.717, 1.165) is 0 Å². The van der Waals surface area contributed by atoms with Crippen LogP contribution in [0.2, 0.25) is 0 Å². The van der Waals surface area contributed by atoms with Gasteiger partial charge in [0.05, 0.1) is 12.2 Å². The van der Waals surface area contributed by atoms with Gasteiger partial charge in [-0.25, -0.2) is 4.39 Å². The van der Waals surface area contributed by atoms with Crippen molar-refractivity contribution in [2.75, 3.05) is 4.90 Å². The molecule has 5 nitrogen and oxygen atoms in total. The van der Waals surface area contributed by atoms with E-state index in [4.69, 9.17) is 0 Å². The Balaban J connectivity index is 2.00. The summed E-state index contributed by atoms with van der Waals surface area (Å²) in [4.78, 5) is 30.5. The maximum atomic E-state index is 13.2. The fraction of sp³-hybridized carbons (Fsp3) is 0.105. The third-order valence-electron chi connectivity index (χ3n) is 3.78. The quantitative estimate of drug-likeness (QED) is 0.736. The second-order valence-electron chi connectivity index (χ2n) is 5.55. The highest BCUT2D eigenvalue weighted by Crippen LogP contribution is 2.20. The van der Waals surface area contributed by atoms with E-state index in [-0.39, 0.29) is 29.4 Å². The molecule has 3 rings (SSSR count). The minimum Gasteiger partial charge on any atom is -0.319 e. The van der Waals surface area contributed by atoms with Crippen molar-refractivity contribution in [3.63, 3.8) is 0 Å². The van der Waals surface area contributed by atoms with Crippen molar-refractivity contribution in [1.29, 1.82) is 0 Å². The summed E-state index contributed by atoms with van der Waals surface area (Å²) in [5.41, 5.74) is 1.20. The number of hydrogen-bond donors (Lipinski definition) is 0. The van der Waals surface area contributed by atoms with E-state index >= 15 is 0 Å². The summed E-state index contributed by atoms with van der Waals surface area (Å²) in [5, 5.41) is 0. The van der Waals surface area contributed by atoms with Crippen molar-refractivity contribution in [3.05, 3.63) is 94.4 Å². The van der Waals surface area contributed by atoms with Gasteiger partial charge >= 0.3 is 0 Å². The summed E-state index contributed by atoms with van der Waals surface area (Å²) >= 11 is 0. The van der Waals surface area contributed by atoms with Crippen molar-refractivity contribution in [3.8, 4) is 0 Å². The maximum absolute atomic E-state index is 13.2. The van der Waals surface area contributed by atoms with Crippen LogP contribution < -0.4 is 10.5 Å². The van der Waals surface area contributed by atoms with E-state index in [1.807, 2.05) is 6.07 Å². The number of carbonyl (C=O) groups excluding carboxylic acids is 1. The molecule has 0 fully saturated rings. The van der Waals surface area contributed by atoms with Gasteiger partial charge in [-0.05, 0) is 42.5 Å². The molecule has 0 unspecified atom stereocenters. The fourth-order valence-electron chi connectivity index (χ4n) is 2.39. The minimum absolute atomic E-state index is 0.209. The normalized spacial score (nSPS) is 10.5. The molecule has 0 atom stereocenters. The van der Waals surface area contributed by atoms with Crippen LogP contribution in [0.5, 0.6) is 0 Å². The van der Waals surface area contributed by atoms with Gasteiger partial charge in [-0.3, -0.25) is 14.6 Å². The number of pyridine rings is 2. The van der Waals surface area contributed by atoms with Crippen LogP contribution in [0.4, 0.5) is 10.1 Å². The number of halogens is 1. The van der Waals surface area contributed by atoms with Gasteiger partial charge in [-0.2, -0.15) is 0 Å². The fourth-order valence-corrected chi connectivity index (χ4v) is 2.39. The molecule has 0 spiro atoms. The second-order valence-corrected chi connectivity index (χ2v) is 5.55. The van der Waals surface area contributed by atoms with E-state index < -0.39 is 0 Å². The molecule has 0 aliphatic heterocycles. The average molecular weight is 337 g/mol. The molecule has 6 heteroatoms. The Morgan fingerprint density at radius 1 is 1.16 bits per heavy atom. The van der Waals surface area contributed by atoms with E-state index in [9.17, 15) is 14.0 Å². The van der Waals surface area contributed by atoms with Crippen LogP contribution in [0, 0.1) is 5.82 Å². The Morgan fingerprint density at radius 3 is 2.56 bits per heavy atom. The SMILES string of the molecule is Cn1ccc(C(=O)N(Cc2ccccn2)c2ccc(F)cc2)cc1=O. The summed E-state index contributed by atoms with van der Waals surface area (Å²) in [5.74, 6) is -0.738. The van der Waals surface area contributed by atoms with Crippen molar-refractivity contribution < 1.29 is 9.18 Å². The first-order valence-corrected chi connectivity index (χ1v) is 7.68. The Bertz CT molecular complexity index is 937. The second kappa shape index (κ2) is 7.09. The lowest BCUT2D eigenvalue weighted by Gasteiger charge is -2.22. The average Bonchev–Trinajstić information content (AvgIpc) is 2.63. The summed E-state index contributed by atoms with van der Waals surface area (Å²) in [6.45, 7) is 0.209. The summed E-state index contributed by atoms with van der Waals surface area (Å²) in [6.07, 6.45) is 3.18. The number of aryl methyl sites for hydroxylation is 1. The predicted molar refractivity (Wildman–Crippen MR) is 92.8 cm³/mol. The number of rotatable bonds is 4. The van der Waals surface area contributed by atoms with Gasteiger partial charge in [0.25, 0.3) is 11.5 Å². The molecule has 0 radical (unpaired) electrons. The van der Waals surface area contributed by atoms with Crippen LogP contribution in [0.3, 0.4) is 0 Å². The zero-order valence-electron chi connectivity index (χ0n) is 13.6. The Kier molecular flexibility index (Phi) is 4.70. The first-order valence-electron chi connectivity index (χ1n) is 7.68. The number of benzene rings is 1. The lowest BCUT2D eigenvalue weighted by molar-refractivity contribution is 0.0984. The molecule has 0 aliphatic rings. The first kappa shape index (κ1) is 16.6. The standard InChI is InChI=1S/C19H16FN3O2/c1-22-11-9-14(12-18(22)24)19(25)23(13-16-4-2-3-10-21-16)17-7-5-15(20)6-8-17/h2-12H,13H2,1H3. The lowest BCUT2D eigenvalue weighted by Crippen LogP contribution is -2.32. The molecule has 2 aromatic heterocycles. The van der Waals surface area contributed by atoms with Gasteiger partial charge in [0.15, 0.2) is 0 Å². The molecule has 0 saturated heterocycles. The Morgan fingerprint density at radius 2 is 1.92 bits per heavy atom. The molecule has 0 saturated carbocycles. The van der Waals surface area contributed by atoms with Crippen LogP contribution in [0.25, 0.3) is 0 Å². The van der Waals surface area contributed by atoms with Crippen LogP contribution in [-0.2, 0) is 13.6 Å². The lowest BCUT2D eigenvalue weighted by atomic mass is 10.2. The van der Waals surface area contributed by atoms with Crippen LogP contribution in [0.1, 0.15) is 16.1 Å². The molecule has 0 aliphatic carbocycles. The number of nitrogens with zero attached hydrogens (tertiary/aromatic N) is 3. The van der Waals surface area contributed by atoms with Gasteiger partial charge in [-0.15, -0.1) is 0 Å². The third-order valence-corrected chi connectivity index (χ3v) is 3.78. The van der Waals surface area contributed by atoms with Crippen LogP contribution >= 0.6 is 0 Å². The Hall–Kier alpha value is -3.28. The van der Waals surface area contributed by atoms with E-state index in [2.05, 4.69) is 4.98 Å². The number of anilines is 1. The number of carbonyl (C=O) groups is 1. The first-order chi connectivity index (χ1) is 12.0. The largest absolute Gasteiger partial charge is 0.319 e. The van der Waals surface area contributed by atoms with Crippen molar-refractivity contribution >= 4 is 11.6 Å². The Labute approximate surface area is 144 Å². The number of hydrogen-bond acceptors (Lipinski definition) is 3. The van der Waals surface area contributed by atoms with Crippen molar-refractivity contribution in [1.82, 2.24) is 9.55 Å². The van der Waals surface area contributed by atoms with Gasteiger partial charge in [0.2, 0.25) is 0 Å². The van der Waals surface area contributed by atoms with Gasteiger partial charge in [-0.1, -0.05) is 6.07 Å². The summed E-state index contributed by atoms with van der Waals surface area (Å²) in [6, 6.07) is 13.9. The van der Waals surface area contributed by atoms with E-state index in [0.29, 0.717) is 11.4 Å². The molecular formula is C19H16FN3O2. The molecular weight excluding hydrogens is 321 g/mol. The molecule has 126 valence electrons. The van der Waals surface area contributed by atoms with Crippen LogP contribution in [-0.4, -0.2) is 15.5 Å². The van der Waals surface area contributed by atoms with Crippen molar-refractivity contribution in [2.45, 2.75) is 6.54 Å². The molecule has 0 N–H and O–H groups in total. The summed E-state index contributed by atoms with van der Waals surface area (Å²) < 4.78 is 14.6. The number of aromatic nitrogens is 2. The molecule has 3 aromatic rings. The predicted octanol–water partition coefficient (Wildman–Crippen LogP) is 2.77. The summed E-state index contributed by atoms with van der Waals surface area (Å²) in [7, 11) is 1.61. The molecule has 0 bridgehead atoms. The molecule has 1 aromatic carbocycles. The monoisotopic (exact) mass is 337 g/mol.